The Hall–Kier alpha value is -2.46. The molecule has 36 heavy (non-hydrogen) atoms. The Bertz CT molecular complexity index is 1230. The molecule has 2 amide bonds. The molecule has 196 valence electrons. The minimum absolute atomic E-state index is 0.186. The molecule has 1 heterocycles. The Kier molecular flexibility index (Phi) is 8.20. The van der Waals surface area contributed by atoms with Crippen LogP contribution in [0.5, 0.6) is 0 Å². The van der Waals surface area contributed by atoms with Gasteiger partial charge in [0.25, 0.3) is 16.0 Å². The van der Waals surface area contributed by atoms with Crippen molar-refractivity contribution in [3.8, 4) is 0 Å². The summed E-state index contributed by atoms with van der Waals surface area (Å²) < 4.78 is 31.5. The third-order valence-corrected chi connectivity index (χ3v) is 7.79. The summed E-state index contributed by atoms with van der Waals surface area (Å²) in [4.78, 5) is 28.2. The van der Waals surface area contributed by atoms with Gasteiger partial charge in [-0.15, -0.1) is 0 Å². The number of benzene rings is 2. The van der Waals surface area contributed by atoms with Gasteiger partial charge >= 0.3 is 0 Å². The van der Waals surface area contributed by atoms with Gasteiger partial charge < -0.3 is 15.3 Å². The van der Waals surface area contributed by atoms with Gasteiger partial charge in [-0.3, -0.25) is 14.1 Å². The highest BCUT2D eigenvalue weighted by Crippen LogP contribution is 2.46. The Morgan fingerprint density at radius 2 is 1.78 bits per heavy atom. The Morgan fingerprint density at radius 3 is 2.33 bits per heavy atom. The fourth-order valence-electron chi connectivity index (χ4n) is 4.72. The molecular weight excluding hydrogens is 504 g/mol. The smallest absolute Gasteiger partial charge is 0.269 e. The van der Waals surface area contributed by atoms with Gasteiger partial charge in [-0.1, -0.05) is 63.6 Å². The van der Waals surface area contributed by atoms with Crippen molar-refractivity contribution in [2.75, 3.05) is 13.1 Å². The van der Waals surface area contributed by atoms with Crippen LogP contribution < -0.4 is 5.32 Å². The molecule has 3 N–H and O–H groups in total. The molecular formula is C26H33ClN2O6S. The minimum atomic E-state index is -4.25. The van der Waals surface area contributed by atoms with E-state index in [0.717, 1.165) is 5.56 Å². The second-order valence-electron chi connectivity index (χ2n) is 10.4. The van der Waals surface area contributed by atoms with Gasteiger partial charge in [-0.05, 0) is 47.7 Å². The van der Waals surface area contributed by atoms with E-state index in [0.29, 0.717) is 18.0 Å². The summed E-state index contributed by atoms with van der Waals surface area (Å²) in [7, 11) is -4.25. The fraction of sp³-hybridized carbons (Fsp3) is 0.462. The Morgan fingerprint density at radius 1 is 1.14 bits per heavy atom. The average molecular weight is 537 g/mol. The highest BCUT2D eigenvalue weighted by Gasteiger charge is 2.50. The van der Waals surface area contributed by atoms with Crippen molar-refractivity contribution in [1.29, 1.82) is 0 Å². The third-order valence-electron chi connectivity index (χ3n) is 6.84. The van der Waals surface area contributed by atoms with Crippen LogP contribution in [0.25, 0.3) is 0 Å². The second kappa shape index (κ2) is 10.5. The standard InChI is InChI=1S/C26H33ClN2O6S/c1-17(2)22(28-23(30)19-7-5-6-18(14-19)15-36(33,34)35)24(31)29-13-12-26(32,25(3,4)16-29)20-8-10-21(27)11-9-20/h5-11,14,17,22,32H,12-13,15-16H2,1-4H3,(H,28,30)(H,33,34,35)/t22-,26+/m1/s1. The summed E-state index contributed by atoms with van der Waals surface area (Å²) in [6.07, 6.45) is 0.323. The maximum Gasteiger partial charge on any atom is 0.269 e. The zero-order valence-corrected chi connectivity index (χ0v) is 22.4. The molecule has 3 rings (SSSR count). The van der Waals surface area contributed by atoms with Crippen LogP contribution >= 0.6 is 11.6 Å². The maximum atomic E-state index is 13.5. The largest absolute Gasteiger partial charge is 0.384 e. The predicted octanol–water partition coefficient (Wildman–Crippen LogP) is 3.63. The first-order valence-corrected chi connectivity index (χ1v) is 13.7. The monoisotopic (exact) mass is 536 g/mol. The Labute approximate surface area is 217 Å². The Balaban J connectivity index is 1.76. The first kappa shape index (κ1) is 28.1. The van der Waals surface area contributed by atoms with Gasteiger partial charge in [0.05, 0.1) is 5.60 Å². The number of carbonyl (C=O) groups excluding carboxylic acids is 2. The number of hydrogen-bond acceptors (Lipinski definition) is 5. The van der Waals surface area contributed by atoms with Gasteiger partial charge in [0.15, 0.2) is 0 Å². The summed E-state index contributed by atoms with van der Waals surface area (Å²) in [6.45, 7) is 8.07. The number of carbonyl (C=O) groups is 2. The van der Waals surface area contributed by atoms with E-state index in [-0.39, 0.29) is 29.5 Å². The molecule has 8 nitrogen and oxygen atoms in total. The summed E-state index contributed by atoms with van der Waals surface area (Å²) in [5.74, 6) is -1.60. The van der Waals surface area contributed by atoms with Crippen molar-refractivity contribution in [2.45, 2.75) is 51.5 Å². The number of hydrogen-bond donors (Lipinski definition) is 3. The highest BCUT2D eigenvalue weighted by atomic mass is 35.5. The molecule has 0 radical (unpaired) electrons. The van der Waals surface area contributed by atoms with Crippen molar-refractivity contribution in [1.82, 2.24) is 10.2 Å². The first-order valence-electron chi connectivity index (χ1n) is 11.8. The lowest BCUT2D eigenvalue weighted by atomic mass is 9.66. The molecule has 2 aromatic rings. The van der Waals surface area contributed by atoms with Crippen molar-refractivity contribution in [3.05, 3.63) is 70.2 Å². The van der Waals surface area contributed by atoms with Gasteiger partial charge in [0.2, 0.25) is 5.91 Å². The number of amides is 2. The normalized spacial score (nSPS) is 20.7. The van der Waals surface area contributed by atoms with Gasteiger partial charge in [-0.2, -0.15) is 8.42 Å². The number of piperidine rings is 1. The van der Waals surface area contributed by atoms with Gasteiger partial charge in [0.1, 0.15) is 11.8 Å². The van der Waals surface area contributed by atoms with Gasteiger partial charge in [0, 0.05) is 29.1 Å². The van der Waals surface area contributed by atoms with Crippen molar-refractivity contribution >= 4 is 33.5 Å². The number of rotatable bonds is 7. The summed E-state index contributed by atoms with van der Waals surface area (Å²) in [6, 6.07) is 12.2. The quantitative estimate of drug-likeness (QED) is 0.464. The van der Waals surface area contributed by atoms with Crippen LogP contribution in [0.4, 0.5) is 0 Å². The molecule has 10 heteroatoms. The van der Waals surface area contributed by atoms with Crippen LogP contribution in [0.15, 0.2) is 48.5 Å². The van der Waals surface area contributed by atoms with E-state index < -0.39 is 38.8 Å². The predicted molar refractivity (Wildman–Crippen MR) is 138 cm³/mol. The molecule has 1 aliphatic rings. The molecule has 0 bridgehead atoms. The number of aliphatic hydroxyl groups is 1. The molecule has 2 aromatic carbocycles. The van der Waals surface area contributed by atoms with E-state index in [1.807, 2.05) is 27.7 Å². The van der Waals surface area contributed by atoms with Crippen LogP contribution in [-0.2, 0) is 26.3 Å². The lowest BCUT2D eigenvalue weighted by Gasteiger charge is -2.51. The fourth-order valence-corrected chi connectivity index (χ4v) is 5.45. The van der Waals surface area contributed by atoms with E-state index in [4.69, 9.17) is 16.2 Å². The average Bonchev–Trinajstić information content (AvgIpc) is 2.78. The van der Waals surface area contributed by atoms with Gasteiger partial charge in [-0.25, -0.2) is 0 Å². The van der Waals surface area contributed by atoms with Crippen molar-refractivity contribution in [3.63, 3.8) is 0 Å². The minimum Gasteiger partial charge on any atom is -0.384 e. The maximum absolute atomic E-state index is 13.5. The number of halogens is 1. The number of nitrogens with one attached hydrogen (secondary N) is 1. The molecule has 0 unspecified atom stereocenters. The molecule has 0 saturated carbocycles. The van der Waals surface area contributed by atoms with E-state index in [1.165, 1.54) is 24.3 Å². The zero-order chi connectivity index (χ0) is 26.9. The van der Waals surface area contributed by atoms with Crippen molar-refractivity contribution < 1.29 is 27.7 Å². The number of nitrogens with zero attached hydrogens (tertiary/aromatic N) is 1. The van der Waals surface area contributed by atoms with E-state index >= 15 is 0 Å². The van der Waals surface area contributed by atoms with Crippen LogP contribution in [0.1, 0.15) is 55.6 Å². The molecule has 0 aliphatic carbocycles. The van der Waals surface area contributed by atoms with Crippen LogP contribution in [0.2, 0.25) is 5.02 Å². The van der Waals surface area contributed by atoms with Crippen LogP contribution in [-0.4, -0.2) is 53.9 Å². The van der Waals surface area contributed by atoms with E-state index in [2.05, 4.69) is 5.32 Å². The second-order valence-corrected chi connectivity index (χ2v) is 12.3. The van der Waals surface area contributed by atoms with Crippen LogP contribution in [0, 0.1) is 11.3 Å². The molecule has 1 aliphatic heterocycles. The molecule has 2 atom stereocenters. The lowest BCUT2D eigenvalue weighted by Crippen LogP contribution is -2.60. The van der Waals surface area contributed by atoms with E-state index in [1.54, 1.807) is 29.2 Å². The zero-order valence-electron chi connectivity index (χ0n) is 20.9. The third kappa shape index (κ3) is 6.26. The first-order chi connectivity index (χ1) is 16.6. The lowest BCUT2D eigenvalue weighted by molar-refractivity contribution is -0.155. The molecule has 1 fully saturated rings. The molecule has 0 aromatic heterocycles. The number of likely N-dealkylation sites (tertiary alicyclic amines) is 1. The molecule has 1 saturated heterocycles. The molecule has 0 spiro atoms. The SMILES string of the molecule is CC(C)[C@@H](NC(=O)c1cccc(CS(=O)(=O)O)c1)C(=O)N1CC[C@](O)(c2ccc(Cl)cc2)C(C)(C)C1. The van der Waals surface area contributed by atoms with E-state index in [9.17, 15) is 23.1 Å². The highest BCUT2D eigenvalue weighted by molar-refractivity contribution is 7.85. The van der Waals surface area contributed by atoms with Crippen LogP contribution in [0.3, 0.4) is 0 Å². The van der Waals surface area contributed by atoms with Crippen molar-refractivity contribution in [2.24, 2.45) is 11.3 Å². The topological polar surface area (TPSA) is 124 Å². The summed E-state index contributed by atoms with van der Waals surface area (Å²) >= 11 is 6.01. The summed E-state index contributed by atoms with van der Waals surface area (Å²) in [5.41, 5.74) is -0.645. The summed E-state index contributed by atoms with van der Waals surface area (Å²) in [5, 5.41) is 15.0.